The van der Waals surface area contributed by atoms with Crippen molar-refractivity contribution < 1.29 is 13.2 Å². The maximum Gasteiger partial charge on any atom is 0.246 e. The number of hydrogen-bond acceptors (Lipinski definition) is 4. The zero-order valence-electron chi connectivity index (χ0n) is 15.8. The number of rotatable bonds is 5. The van der Waals surface area contributed by atoms with E-state index in [1.54, 1.807) is 13.8 Å². The fourth-order valence-electron chi connectivity index (χ4n) is 4.19. The number of aromatic nitrogens is 2. The summed E-state index contributed by atoms with van der Waals surface area (Å²) in [7, 11) is -3.56. The molecule has 1 aromatic rings. The molecule has 8 heteroatoms. The fraction of sp³-hybridized carbons (Fsp3) is 0.778. The average molecular weight is 383 g/mol. The second kappa shape index (κ2) is 8.08. The zero-order chi connectivity index (χ0) is 18.7. The van der Waals surface area contributed by atoms with E-state index < -0.39 is 10.0 Å². The SMILES string of the molecule is Cc1n[nH]c(C)c1S(=O)(=O)N1CCN(C(=O)CCC2CCCCC2)CC1. The Bertz CT molecular complexity index is 710. The maximum atomic E-state index is 12.9. The van der Waals surface area contributed by atoms with E-state index >= 15 is 0 Å². The van der Waals surface area contributed by atoms with E-state index in [1.807, 2.05) is 4.90 Å². The molecular weight excluding hydrogens is 352 g/mol. The minimum absolute atomic E-state index is 0.170. The number of nitrogens with zero attached hydrogens (tertiary/aromatic N) is 3. The van der Waals surface area contributed by atoms with E-state index in [9.17, 15) is 13.2 Å². The first-order chi connectivity index (χ1) is 12.4. The summed E-state index contributed by atoms with van der Waals surface area (Å²) in [5.74, 6) is 0.865. The molecule has 1 aromatic heterocycles. The highest BCUT2D eigenvalue weighted by Gasteiger charge is 2.33. The van der Waals surface area contributed by atoms with Crippen molar-refractivity contribution in [1.29, 1.82) is 0 Å². The van der Waals surface area contributed by atoms with Crippen LogP contribution < -0.4 is 0 Å². The first-order valence-corrected chi connectivity index (χ1v) is 11.1. The number of nitrogens with one attached hydrogen (secondary N) is 1. The van der Waals surface area contributed by atoms with Crippen LogP contribution in [0.4, 0.5) is 0 Å². The fourth-order valence-corrected chi connectivity index (χ4v) is 5.94. The Labute approximate surface area is 156 Å². The van der Waals surface area contributed by atoms with Crippen LogP contribution in [-0.2, 0) is 14.8 Å². The first kappa shape index (κ1) is 19.4. The number of carbonyl (C=O) groups excluding carboxylic acids is 1. The van der Waals surface area contributed by atoms with Crippen LogP contribution in [-0.4, -0.2) is 59.9 Å². The van der Waals surface area contributed by atoms with Crippen molar-refractivity contribution in [3.63, 3.8) is 0 Å². The molecule has 2 aliphatic rings. The summed E-state index contributed by atoms with van der Waals surface area (Å²) in [6.45, 7) is 5.06. The number of piperazine rings is 1. The summed E-state index contributed by atoms with van der Waals surface area (Å²) in [5, 5.41) is 6.73. The Morgan fingerprint density at radius 1 is 1.12 bits per heavy atom. The maximum absolute atomic E-state index is 12.9. The molecule has 1 saturated heterocycles. The minimum Gasteiger partial charge on any atom is -0.340 e. The molecule has 3 rings (SSSR count). The molecule has 0 spiro atoms. The number of amides is 1. The monoisotopic (exact) mass is 382 g/mol. The molecule has 7 nitrogen and oxygen atoms in total. The molecule has 0 atom stereocenters. The van der Waals surface area contributed by atoms with E-state index in [2.05, 4.69) is 10.2 Å². The van der Waals surface area contributed by atoms with Gasteiger partial charge >= 0.3 is 0 Å². The number of sulfonamides is 1. The first-order valence-electron chi connectivity index (χ1n) is 9.69. The highest BCUT2D eigenvalue weighted by atomic mass is 32.2. The summed E-state index contributed by atoms with van der Waals surface area (Å²) >= 11 is 0. The van der Waals surface area contributed by atoms with Gasteiger partial charge in [-0.05, 0) is 26.2 Å². The predicted octanol–water partition coefficient (Wildman–Crippen LogP) is 2.22. The Kier molecular flexibility index (Phi) is 6.02. The third-order valence-corrected chi connectivity index (χ3v) is 7.90. The summed E-state index contributed by atoms with van der Waals surface area (Å²) in [5.41, 5.74) is 1.06. The van der Waals surface area contributed by atoms with Crippen LogP contribution in [0.5, 0.6) is 0 Å². The largest absolute Gasteiger partial charge is 0.340 e. The van der Waals surface area contributed by atoms with Crippen LogP contribution in [0.15, 0.2) is 4.90 Å². The lowest BCUT2D eigenvalue weighted by atomic mass is 9.86. The van der Waals surface area contributed by atoms with Gasteiger partial charge in [0, 0.05) is 32.6 Å². The molecular formula is C18H30N4O3S. The number of aromatic amines is 1. The second-order valence-corrected chi connectivity index (χ2v) is 9.47. The summed E-state index contributed by atoms with van der Waals surface area (Å²) in [4.78, 5) is 14.6. The van der Waals surface area contributed by atoms with Crippen LogP contribution in [0.2, 0.25) is 0 Å². The van der Waals surface area contributed by atoms with Gasteiger partial charge in [0.15, 0.2) is 0 Å². The Morgan fingerprint density at radius 3 is 2.35 bits per heavy atom. The number of H-pyrrole nitrogens is 1. The van der Waals surface area contributed by atoms with Crippen molar-refractivity contribution in [2.75, 3.05) is 26.2 Å². The molecule has 0 bridgehead atoms. The van der Waals surface area contributed by atoms with Crippen LogP contribution in [0.3, 0.4) is 0 Å². The Hall–Kier alpha value is -1.41. The molecule has 1 N–H and O–H groups in total. The van der Waals surface area contributed by atoms with E-state index in [1.165, 1.54) is 36.4 Å². The molecule has 0 unspecified atom stereocenters. The third kappa shape index (κ3) is 4.11. The molecule has 2 heterocycles. The van der Waals surface area contributed by atoms with Crippen LogP contribution in [0.1, 0.15) is 56.3 Å². The number of aryl methyl sites for hydroxylation is 2. The molecule has 1 amide bonds. The summed E-state index contributed by atoms with van der Waals surface area (Å²) in [6, 6.07) is 0. The molecule has 0 aromatic carbocycles. The van der Waals surface area contributed by atoms with Crippen LogP contribution in [0.25, 0.3) is 0 Å². The van der Waals surface area contributed by atoms with Crippen molar-refractivity contribution in [2.24, 2.45) is 5.92 Å². The van der Waals surface area contributed by atoms with Gasteiger partial charge in [0.25, 0.3) is 0 Å². The standard InChI is InChI=1S/C18H30N4O3S/c1-14-18(15(2)20-19-14)26(24,25)22-12-10-21(11-13-22)17(23)9-8-16-6-4-3-5-7-16/h16H,3-13H2,1-2H3,(H,19,20). The lowest BCUT2D eigenvalue weighted by Crippen LogP contribution is -2.50. The van der Waals surface area contributed by atoms with Gasteiger partial charge in [0.1, 0.15) is 4.90 Å². The van der Waals surface area contributed by atoms with E-state index in [4.69, 9.17) is 0 Å². The molecule has 2 fully saturated rings. The van der Waals surface area contributed by atoms with Crippen molar-refractivity contribution in [1.82, 2.24) is 19.4 Å². The van der Waals surface area contributed by atoms with Crippen molar-refractivity contribution >= 4 is 15.9 Å². The highest BCUT2D eigenvalue weighted by molar-refractivity contribution is 7.89. The average Bonchev–Trinajstić information content (AvgIpc) is 2.99. The third-order valence-electron chi connectivity index (χ3n) is 5.74. The molecule has 146 valence electrons. The Balaban J connectivity index is 1.53. The minimum atomic E-state index is -3.56. The topological polar surface area (TPSA) is 86.4 Å². The van der Waals surface area contributed by atoms with Crippen LogP contribution in [0, 0.1) is 19.8 Å². The highest BCUT2D eigenvalue weighted by Crippen LogP contribution is 2.28. The normalized spacial score (nSPS) is 20.5. The van der Waals surface area contributed by atoms with Gasteiger partial charge in [-0.2, -0.15) is 9.40 Å². The molecule has 26 heavy (non-hydrogen) atoms. The van der Waals surface area contributed by atoms with E-state index in [-0.39, 0.29) is 10.8 Å². The van der Waals surface area contributed by atoms with Crippen LogP contribution >= 0.6 is 0 Å². The van der Waals surface area contributed by atoms with Crippen molar-refractivity contribution in [3.05, 3.63) is 11.4 Å². The van der Waals surface area contributed by atoms with Gasteiger partial charge in [-0.15, -0.1) is 0 Å². The number of carbonyl (C=O) groups is 1. The lowest BCUT2D eigenvalue weighted by Gasteiger charge is -2.34. The zero-order valence-corrected chi connectivity index (χ0v) is 16.6. The smallest absolute Gasteiger partial charge is 0.246 e. The molecule has 1 saturated carbocycles. The van der Waals surface area contributed by atoms with Crippen molar-refractivity contribution in [3.8, 4) is 0 Å². The number of hydrogen-bond donors (Lipinski definition) is 1. The van der Waals surface area contributed by atoms with Gasteiger partial charge in [-0.25, -0.2) is 8.42 Å². The van der Waals surface area contributed by atoms with Gasteiger partial charge in [0.2, 0.25) is 15.9 Å². The van der Waals surface area contributed by atoms with Gasteiger partial charge in [0.05, 0.1) is 11.4 Å². The van der Waals surface area contributed by atoms with Gasteiger partial charge < -0.3 is 4.90 Å². The van der Waals surface area contributed by atoms with E-state index in [0.29, 0.717) is 49.9 Å². The van der Waals surface area contributed by atoms with Gasteiger partial charge in [-0.3, -0.25) is 9.89 Å². The molecule has 0 radical (unpaired) electrons. The van der Waals surface area contributed by atoms with Gasteiger partial charge in [-0.1, -0.05) is 32.1 Å². The van der Waals surface area contributed by atoms with E-state index in [0.717, 1.165) is 6.42 Å². The predicted molar refractivity (Wildman–Crippen MR) is 99.2 cm³/mol. The molecule has 1 aliphatic heterocycles. The quantitative estimate of drug-likeness (QED) is 0.846. The Morgan fingerprint density at radius 2 is 1.77 bits per heavy atom. The molecule has 1 aliphatic carbocycles. The summed E-state index contributed by atoms with van der Waals surface area (Å²) in [6.07, 6.45) is 7.99. The lowest BCUT2D eigenvalue weighted by molar-refractivity contribution is -0.132. The summed E-state index contributed by atoms with van der Waals surface area (Å²) < 4.78 is 27.2. The van der Waals surface area contributed by atoms with Crippen molar-refractivity contribution in [2.45, 2.75) is 63.7 Å². The second-order valence-electron chi connectivity index (χ2n) is 7.59.